The van der Waals surface area contributed by atoms with Crippen molar-refractivity contribution in [2.45, 2.75) is 19.4 Å². The number of nitro benzene ring substituents is 1. The maximum Gasteiger partial charge on any atom is 0.344 e. The molecule has 0 saturated heterocycles. The molecule has 0 heterocycles. The third-order valence-electron chi connectivity index (χ3n) is 3.84. The topological polar surface area (TPSA) is 123 Å². The van der Waals surface area contributed by atoms with Gasteiger partial charge >= 0.3 is 11.7 Å². The van der Waals surface area contributed by atoms with E-state index in [1.54, 1.807) is 30.3 Å². The lowest BCUT2D eigenvalue weighted by Gasteiger charge is -2.25. The molecule has 0 aliphatic carbocycles. The number of para-hydroxylation sites is 3. The van der Waals surface area contributed by atoms with Gasteiger partial charge in [-0.3, -0.25) is 14.9 Å². The highest BCUT2D eigenvalue weighted by Crippen LogP contribution is 2.25. The van der Waals surface area contributed by atoms with Gasteiger partial charge in [-0.1, -0.05) is 30.3 Å². The van der Waals surface area contributed by atoms with Crippen LogP contribution >= 0.6 is 0 Å². The lowest BCUT2D eigenvalue weighted by Crippen LogP contribution is -2.41. The van der Waals surface area contributed by atoms with Crippen molar-refractivity contribution < 1.29 is 24.0 Å². The molecular weight excluding hydrogens is 378 g/mol. The molecule has 9 heteroatoms. The molecule has 0 aliphatic heterocycles. The number of anilines is 1. The number of nitriles is 1. The summed E-state index contributed by atoms with van der Waals surface area (Å²) in [5.41, 5.74) is 0.294. The van der Waals surface area contributed by atoms with Crippen LogP contribution in [0.25, 0.3) is 0 Å². The number of carbonyl (C=O) groups is 2. The molecule has 0 aromatic heterocycles. The molecule has 0 saturated carbocycles. The summed E-state index contributed by atoms with van der Waals surface area (Å²) in [6.07, 6.45) is -1.02. The van der Waals surface area contributed by atoms with E-state index in [4.69, 9.17) is 14.7 Å². The van der Waals surface area contributed by atoms with Crippen molar-refractivity contribution >= 4 is 23.3 Å². The second-order valence-electron chi connectivity index (χ2n) is 5.88. The first-order chi connectivity index (χ1) is 13.9. The average molecular weight is 397 g/mol. The third kappa shape index (κ3) is 6.04. The Morgan fingerprint density at radius 2 is 1.83 bits per heavy atom. The maximum atomic E-state index is 12.7. The minimum Gasteiger partial charge on any atom is -0.475 e. The van der Waals surface area contributed by atoms with Crippen LogP contribution in [0.5, 0.6) is 5.75 Å². The van der Waals surface area contributed by atoms with Crippen molar-refractivity contribution in [3.05, 3.63) is 64.7 Å². The highest BCUT2D eigenvalue weighted by Gasteiger charge is 2.25. The summed E-state index contributed by atoms with van der Waals surface area (Å²) in [5.74, 6) is -1.42. The largest absolute Gasteiger partial charge is 0.475 e. The van der Waals surface area contributed by atoms with Gasteiger partial charge in [0, 0.05) is 18.3 Å². The summed E-state index contributed by atoms with van der Waals surface area (Å²) >= 11 is 0. The molecule has 1 unspecified atom stereocenters. The Labute approximate surface area is 167 Å². The highest BCUT2D eigenvalue weighted by atomic mass is 16.6. The van der Waals surface area contributed by atoms with Crippen LogP contribution < -0.4 is 9.64 Å². The van der Waals surface area contributed by atoms with E-state index in [-0.39, 0.29) is 24.4 Å². The van der Waals surface area contributed by atoms with E-state index in [2.05, 4.69) is 0 Å². The zero-order valence-corrected chi connectivity index (χ0v) is 15.7. The average Bonchev–Trinajstić information content (AvgIpc) is 2.73. The minimum atomic E-state index is -1.13. The second kappa shape index (κ2) is 10.4. The fraction of sp³-hybridized carbons (Fsp3) is 0.250. The molecule has 0 radical (unpaired) electrons. The number of benzene rings is 2. The monoisotopic (exact) mass is 397 g/mol. The summed E-state index contributed by atoms with van der Waals surface area (Å²) in [6, 6.07) is 16.3. The number of ether oxygens (including phenoxy) is 2. The lowest BCUT2D eigenvalue weighted by atomic mass is 10.2. The number of amides is 1. The van der Waals surface area contributed by atoms with Gasteiger partial charge in [-0.25, -0.2) is 4.79 Å². The molecule has 2 rings (SSSR count). The van der Waals surface area contributed by atoms with Crippen molar-refractivity contribution in [1.29, 1.82) is 5.26 Å². The van der Waals surface area contributed by atoms with E-state index in [0.29, 0.717) is 5.69 Å². The fourth-order valence-corrected chi connectivity index (χ4v) is 2.50. The molecule has 0 fully saturated rings. The molecule has 150 valence electrons. The maximum absolute atomic E-state index is 12.7. The normalized spacial score (nSPS) is 11.0. The number of nitrogens with zero attached hydrogens (tertiary/aromatic N) is 3. The zero-order chi connectivity index (χ0) is 21.2. The van der Waals surface area contributed by atoms with E-state index in [9.17, 15) is 19.7 Å². The van der Waals surface area contributed by atoms with Gasteiger partial charge in [-0.15, -0.1) is 0 Å². The standard InChI is InChI=1S/C20H19N3O6/c1-15(20(25)22(13-7-12-21)16-8-3-2-4-9-16)29-19(24)14-28-18-11-6-5-10-17(18)23(26)27/h2-6,8-11,15H,7,13-14H2,1H3. The minimum absolute atomic E-state index is 0.0756. The van der Waals surface area contributed by atoms with Crippen molar-refractivity contribution in [3.8, 4) is 11.8 Å². The Morgan fingerprint density at radius 1 is 1.17 bits per heavy atom. The van der Waals surface area contributed by atoms with Gasteiger partial charge in [0.2, 0.25) is 0 Å². The molecule has 2 aromatic rings. The molecule has 0 N–H and O–H groups in total. The van der Waals surface area contributed by atoms with Crippen LogP contribution in [0, 0.1) is 21.4 Å². The van der Waals surface area contributed by atoms with Crippen molar-refractivity contribution in [2.24, 2.45) is 0 Å². The van der Waals surface area contributed by atoms with Gasteiger partial charge in [0.15, 0.2) is 18.5 Å². The van der Waals surface area contributed by atoms with E-state index >= 15 is 0 Å². The lowest BCUT2D eigenvalue weighted by molar-refractivity contribution is -0.385. The molecule has 2 aromatic carbocycles. The number of rotatable bonds is 9. The third-order valence-corrected chi connectivity index (χ3v) is 3.84. The quantitative estimate of drug-likeness (QED) is 0.362. The van der Waals surface area contributed by atoms with Crippen molar-refractivity contribution in [3.63, 3.8) is 0 Å². The Kier molecular flexibility index (Phi) is 7.68. The van der Waals surface area contributed by atoms with Gasteiger partial charge in [0.1, 0.15) is 0 Å². The van der Waals surface area contributed by atoms with Crippen molar-refractivity contribution in [2.75, 3.05) is 18.1 Å². The van der Waals surface area contributed by atoms with Gasteiger partial charge in [-0.2, -0.15) is 5.26 Å². The van der Waals surface area contributed by atoms with Crippen LogP contribution in [-0.2, 0) is 14.3 Å². The molecule has 9 nitrogen and oxygen atoms in total. The van der Waals surface area contributed by atoms with Crippen LogP contribution in [0.1, 0.15) is 13.3 Å². The number of carbonyl (C=O) groups excluding carboxylic acids is 2. The van der Waals surface area contributed by atoms with Crippen LogP contribution in [-0.4, -0.2) is 36.1 Å². The Bertz CT molecular complexity index is 910. The molecule has 0 aliphatic rings. The Balaban J connectivity index is 1.99. The first-order valence-corrected chi connectivity index (χ1v) is 8.73. The number of nitro groups is 1. The van der Waals surface area contributed by atoms with Crippen LogP contribution in [0.2, 0.25) is 0 Å². The second-order valence-corrected chi connectivity index (χ2v) is 5.88. The van der Waals surface area contributed by atoms with Gasteiger partial charge in [0.25, 0.3) is 5.91 Å². The number of esters is 1. The van der Waals surface area contributed by atoms with Crippen LogP contribution in [0.4, 0.5) is 11.4 Å². The van der Waals surface area contributed by atoms with E-state index < -0.39 is 29.5 Å². The van der Waals surface area contributed by atoms with Crippen LogP contribution in [0.3, 0.4) is 0 Å². The van der Waals surface area contributed by atoms with Gasteiger partial charge < -0.3 is 14.4 Å². The van der Waals surface area contributed by atoms with Gasteiger partial charge in [-0.05, 0) is 25.1 Å². The van der Waals surface area contributed by atoms with Gasteiger partial charge in [0.05, 0.1) is 17.4 Å². The number of hydrogen-bond acceptors (Lipinski definition) is 7. The summed E-state index contributed by atoms with van der Waals surface area (Å²) < 4.78 is 10.3. The fourth-order valence-electron chi connectivity index (χ4n) is 2.50. The summed E-state index contributed by atoms with van der Waals surface area (Å²) in [4.78, 5) is 36.5. The Hall–Kier alpha value is -3.93. The predicted octanol–water partition coefficient (Wildman–Crippen LogP) is 2.85. The number of hydrogen-bond donors (Lipinski definition) is 0. The zero-order valence-electron chi connectivity index (χ0n) is 15.7. The van der Waals surface area contributed by atoms with E-state index in [1.165, 1.54) is 36.1 Å². The van der Waals surface area contributed by atoms with E-state index in [0.717, 1.165) is 0 Å². The first kappa shape index (κ1) is 21.4. The smallest absolute Gasteiger partial charge is 0.344 e. The molecule has 1 atom stereocenters. The molecule has 0 bridgehead atoms. The Morgan fingerprint density at radius 3 is 2.48 bits per heavy atom. The molecule has 1 amide bonds. The molecule has 0 spiro atoms. The summed E-state index contributed by atoms with van der Waals surface area (Å²) in [6.45, 7) is 0.966. The van der Waals surface area contributed by atoms with Crippen molar-refractivity contribution in [1.82, 2.24) is 0 Å². The molecule has 29 heavy (non-hydrogen) atoms. The predicted molar refractivity (Wildman–Crippen MR) is 103 cm³/mol. The SMILES string of the molecule is CC(OC(=O)COc1ccccc1[N+](=O)[O-])C(=O)N(CCC#N)c1ccccc1. The van der Waals surface area contributed by atoms with E-state index in [1.807, 2.05) is 6.07 Å². The summed E-state index contributed by atoms with van der Waals surface area (Å²) in [7, 11) is 0. The summed E-state index contributed by atoms with van der Waals surface area (Å²) in [5, 5.41) is 19.8. The first-order valence-electron chi connectivity index (χ1n) is 8.73. The highest BCUT2D eigenvalue weighted by molar-refractivity contribution is 5.97. The molecular formula is C20H19N3O6. The van der Waals surface area contributed by atoms with Crippen LogP contribution in [0.15, 0.2) is 54.6 Å².